The minimum absolute atomic E-state index is 0.187. The lowest BCUT2D eigenvalue weighted by Gasteiger charge is -2.28. The lowest BCUT2D eigenvalue weighted by molar-refractivity contribution is 0.121. The Kier molecular flexibility index (Phi) is 2.96. The second-order valence-electron chi connectivity index (χ2n) is 6.24. The third-order valence-corrected chi connectivity index (χ3v) is 4.67. The van der Waals surface area contributed by atoms with E-state index in [1.807, 2.05) is 18.5 Å². The molecule has 21 heavy (non-hydrogen) atoms. The van der Waals surface area contributed by atoms with Gasteiger partial charge in [0, 0.05) is 23.5 Å². The fraction of sp³-hybridized carbons (Fsp3) is 0.389. The summed E-state index contributed by atoms with van der Waals surface area (Å²) in [6.45, 7) is 0. The Hall–Kier alpha value is -1.87. The van der Waals surface area contributed by atoms with Gasteiger partial charge in [-0.05, 0) is 55.4 Å². The molecule has 0 saturated heterocycles. The summed E-state index contributed by atoms with van der Waals surface area (Å²) < 4.78 is 6.16. The van der Waals surface area contributed by atoms with Crippen LogP contribution in [0.1, 0.15) is 37.7 Å². The summed E-state index contributed by atoms with van der Waals surface area (Å²) in [7, 11) is 0. The Balaban J connectivity index is 1.76. The van der Waals surface area contributed by atoms with E-state index >= 15 is 0 Å². The lowest BCUT2D eigenvalue weighted by atomic mass is 9.94. The first kappa shape index (κ1) is 12.8. The van der Waals surface area contributed by atoms with Crippen LogP contribution < -0.4 is 10.5 Å². The molecule has 0 aliphatic heterocycles. The van der Waals surface area contributed by atoms with Crippen LogP contribution >= 0.6 is 0 Å². The van der Waals surface area contributed by atoms with Gasteiger partial charge < -0.3 is 10.5 Å². The highest BCUT2D eigenvalue weighted by Crippen LogP contribution is 2.47. The topological polar surface area (TPSA) is 48.1 Å². The zero-order valence-corrected chi connectivity index (χ0v) is 12.1. The van der Waals surface area contributed by atoms with E-state index in [1.165, 1.54) is 24.8 Å². The summed E-state index contributed by atoms with van der Waals surface area (Å²) in [5, 5.41) is 0. The van der Waals surface area contributed by atoms with Crippen molar-refractivity contribution >= 4 is 0 Å². The molecular formula is C18H20N2O. The van der Waals surface area contributed by atoms with Crippen molar-refractivity contribution in [3.05, 3.63) is 48.3 Å². The third-order valence-electron chi connectivity index (χ3n) is 4.67. The van der Waals surface area contributed by atoms with Crippen molar-refractivity contribution in [1.29, 1.82) is 0 Å². The maximum Gasteiger partial charge on any atom is 0.127 e. The van der Waals surface area contributed by atoms with E-state index in [0.29, 0.717) is 6.10 Å². The monoisotopic (exact) mass is 280 g/mol. The van der Waals surface area contributed by atoms with Gasteiger partial charge in [-0.3, -0.25) is 4.98 Å². The number of hydrogen-bond donors (Lipinski definition) is 1. The van der Waals surface area contributed by atoms with Crippen LogP contribution in [0.5, 0.6) is 5.75 Å². The van der Waals surface area contributed by atoms with Crippen molar-refractivity contribution in [2.45, 2.75) is 43.7 Å². The fourth-order valence-corrected chi connectivity index (χ4v) is 2.89. The molecule has 1 heterocycles. The van der Waals surface area contributed by atoms with Gasteiger partial charge in [-0.2, -0.15) is 0 Å². The molecule has 0 radical (unpaired) electrons. The van der Waals surface area contributed by atoms with Crippen LogP contribution in [0.3, 0.4) is 0 Å². The van der Waals surface area contributed by atoms with E-state index in [0.717, 1.165) is 29.7 Å². The number of para-hydroxylation sites is 1. The lowest BCUT2D eigenvalue weighted by Crippen LogP contribution is -2.25. The highest BCUT2D eigenvalue weighted by atomic mass is 16.5. The Labute approximate surface area is 125 Å². The molecule has 1 aromatic carbocycles. The summed E-state index contributed by atoms with van der Waals surface area (Å²) in [4.78, 5) is 4.27. The average Bonchev–Trinajstić information content (AvgIpc) is 3.22. The summed E-state index contributed by atoms with van der Waals surface area (Å²) >= 11 is 0. The van der Waals surface area contributed by atoms with E-state index < -0.39 is 0 Å². The minimum Gasteiger partial charge on any atom is -0.490 e. The van der Waals surface area contributed by atoms with Gasteiger partial charge >= 0.3 is 0 Å². The van der Waals surface area contributed by atoms with E-state index in [-0.39, 0.29) is 5.54 Å². The molecular weight excluding hydrogens is 260 g/mol. The first-order valence-corrected chi connectivity index (χ1v) is 7.76. The Bertz CT molecular complexity index is 660. The van der Waals surface area contributed by atoms with Crippen molar-refractivity contribution in [3.8, 4) is 16.9 Å². The standard InChI is InChI=1S/C18H20N2O/c19-18(9-10-18)16-12-20-11-8-14(16)15-6-1-2-7-17(15)21-13-4-3-5-13/h1-2,6-8,11-13H,3-5,9-10,19H2. The normalized spacial score (nSPS) is 19.9. The minimum atomic E-state index is -0.187. The smallest absolute Gasteiger partial charge is 0.127 e. The van der Waals surface area contributed by atoms with Crippen LogP contribution in [-0.4, -0.2) is 11.1 Å². The van der Waals surface area contributed by atoms with E-state index in [1.54, 1.807) is 0 Å². The molecule has 0 atom stereocenters. The van der Waals surface area contributed by atoms with Gasteiger partial charge in [0.2, 0.25) is 0 Å². The number of aromatic nitrogens is 1. The molecule has 2 aromatic rings. The summed E-state index contributed by atoms with van der Waals surface area (Å²) in [5.74, 6) is 0.971. The van der Waals surface area contributed by atoms with Crippen LogP contribution in [0.4, 0.5) is 0 Å². The molecule has 2 saturated carbocycles. The zero-order chi connectivity index (χ0) is 14.3. The SMILES string of the molecule is NC1(c2cnccc2-c2ccccc2OC2CCC2)CC1. The van der Waals surface area contributed by atoms with Crippen molar-refractivity contribution in [1.82, 2.24) is 4.98 Å². The Morgan fingerprint density at radius 3 is 2.62 bits per heavy atom. The average molecular weight is 280 g/mol. The van der Waals surface area contributed by atoms with E-state index in [4.69, 9.17) is 10.5 Å². The number of nitrogens with two attached hydrogens (primary N) is 1. The molecule has 4 rings (SSSR count). The maximum atomic E-state index is 6.41. The largest absolute Gasteiger partial charge is 0.490 e. The van der Waals surface area contributed by atoms with E-state index in [9.17, 15) is 0 Å². The molecule has 2 aliphatic rings. The quantitative estimate of drug-likeness (QED) is 0.930. The van der Waals surface area contributed by atoms with E-state index in [2.05, 4.69) is 29.2 Å². The molecule has 2 aliphatic carbocycles. The van der Waals surface area contributed by atoms with Crippen LogP contribution in [0.2, 0.25) is 0 Å². The van der Waals surface area contributed by atoms with Gasteiger partial charge in [0.15, 0.2) is 0 Å². The van der Waals surface area contributed by atoms with Gasteiger partial charge in [-0.25, -0.2) is 0 Å². The molecule has 3 nitrogen and oxygen atoms in total. The van der Waals surface area contributed by atoms with Crippen LogP contribution in [0.15, 0.2) is 42.7 Å². The third kappa shape index (κ3) is 2.32. The van der Waals surface area contributed by atoms with Gasteiger partial charge in [0.1, 0.15) is 5.75 Å². The van der Waals surface area contributed by atoms with Gasteiger partial charge in [0.25, 0.3) is 0 Å². The summed E-state index contributed by atoms with van der Waals surface area (Å²) in [6.07, 6.45) is 9.82. The fourth-order valence-electron chi connectivity index (χ4n) is 2.89. The van der Waals surface area contributed by atoms with Crippen molar-refractivity contribution in [2.24, 2.45) is 5.73 Å². The molecule has 0 unspecified atom stereocenters. The second-order valence-corrected chi connectivity index (χ2v) is 6.24. The highest BCUT2D eigenvalue weighted by molar-refractivity contribution is 5.74. The molecule has 0 spiro atoms. The first-order valence-electron chi connectivity index (χ1n) is 7.76. The molecule has 2 fully saturated rings. The molecule has 0 bridgehead atoms. The number of benzene rings is 1. The second kappa shape index (κ2) is 4.85. The zero-order valence-electron chi connectivity index (χ0n) is 12.1. The predicted molar refractivity (Wildman–Crippen MR) is 83.0 cm³/mol. The first-order chi connectivity index (χ1) is 10.3. The van der Waals surface area contributed by atoms with Gasteiger partial charge in [-0.15, -0.1) is 0 Å². The molecule has 108 valence electrons. The summed E-state index contributed by atoms with van der Waals surface area (Å²) in [6, 6.07) is 10.3. The Morgan fingerprint density at radius 1 is 1.10 bits per heavy atom. The molecule has 1 aromatic heterocycles. The number of pyridine rings is 1. The number of rotatable bonds is 4. The molecule has 2 N–H and O–H groups in total. The number of nitrogens with zero attached hydrogens (tertiary/aromatic N) is 1. The number of ether oxygens (including phenoxy) is 1. The predicted octanol–water partition coefficient (Wildman–Crippen LogP) is 3.63. The van der Waals surface area contributed by atoms with Crippen molar-refractivity contribution in [3.63, 3.8) is 0 Å². The Morgan fingerprint density at radius 2 is 1.90 bits per heavy atom. The van der Waals surface area contributed by atoms with Crippen LogP contribution in [0, 0.1) is 0 Å². The van der Waals surface area contributed by atoms with Crippen LogP contribution in [-0.2, 0) is 5.54 Å². The number of hydrogen-bond acceptors (Lipinski definition) is 3. The summed E-state index contributed by atoms with van der Waals surface area (Å²) in [5.41, 5.74) is 9.68. The maximum absolute atomic E-state index is 6.41. The van der Waals surface area contributed by atoms with Crippen molar-refractivity contribution in [2.75, 3.05) is 0 Å². The van der Waals surface area contributed by atoms with Gasteiger partial charge in [-0.1, -0.05) is 18.2 Å². The molecule has 3 heteroatoms. The molecule has 0 amide bonds. The van der Waals surface area contributed by atoms with Crippen LogP contribution in [0.25, 0.3) is 11.1 Å². The van der Waals surface area contributed by atoms with Gasteiger partial charge in [0.05, 0.1) is 6.10 Å². The van der Waals surface area contributed by atoms with Crippen molar-refractivity contribution < 1.29 is 4.74 Å². The highest BCUT2D eigenvalue weighted by Gasteiger charge is 2.42.